The Morgan fingerprint density at radius 1 is 0.130 bits per heavy atom. The van der Waals surface area contributed by atoms with Crippen LogP contribution < -0.4 is 0 Å². The fraction of sp³-hybridized carbons (Fsp3) is 1.00. The molecule has 48 aliphatic rings. The van der Waals surface area contributed by atoms with Gasteiger partial charge in [0.15, 0.2) is 0 Å². The monoisotopic (exact) mass is 997 g/mol. The van der Waals surface area contributed by atoms with Gasteiger partial charge in [-0.25, -0.2) is 0 Å². The van der Waals surface area contributed by atoms with Crippen LogP contribution in [0.25, 0.3) is 0 Å². The van der Waals surface area contributed by atoms with Crippen molar-refractivity contribution in [2.75, 3.05) is 0 Å². The van der Waals surface area contributed by atoms with Crippen molar-refractivity contribution in [3.05, 3.63) is 0 Å². The van der Waals surface area contributed by atoms with Gasteiger partial charge in [-0.2, -0.15) is 0 Å². The maximum absolute atomic E-state index is 2.02. The lowest BCUT2D eigenvalue weighted by molar-refractivity contribution is -0.475. The molecule has 48 rings (SSSR count). The topological polar surface area (TPSA) is 0 Å². The minimum absolute atomic E-state index is 0.900. The van der Waals surface area contributed by atoms with Crippen LogP contribution in [0.15, 0.2) is 0 Å². The Morgan fingerprint density at radius 3 is 0.623 bits per heavy atom. The van der Waals surface area contributed by atoms with E-state index in [0.717, 1.165) is 59.6 Å². The molecule has 0 N–H and O–H groups in total. The Labute approximate surface area is 450 Å². The van der Waals surface area contributed by atoms with E-state index in [1.807, 2.05) is 38.5 Å². The van der Waals surface area contributed by atoms with Crippen LogP contribution in [0.5, 0.6) is 0 Å². The molecule has 0 aromatic heterocycles. The number of hydrogen-bond acceptors (Lipinski definition) is 0. The van der Waals surface area contributed by atoms with E-state index < -0.39 is 0 Å². The molecule has 0 aromatic carbocycles. The van der Waals surface area contributed by atoms with Crippen molar-refractivity contribution >= 4 is 0 Å². The van der Waals surface area contributed by atoms with Crippen molar-refractivity contribution in [3.8, 4) is 0 Å². The molecule has 0 heteroatoms. The van der Waals surface area contributed by atoms with Gasteiger partial charge in [0.1, 0.15) is 0 Å². The summed E-state index contributed by atoms with van der Waals surface area (Å²) in [7, 11) is 0. The van der Waals surface area contributed by atoms with Gasteiger partial charge in [-0.05, 0) is 453 Å². The molecule has 0 aliphatic heterocycles. The molecule has 380 valence electrons. The average Bonchev–Trinajstić information content (AvgIpc) is 1.55. The van der Waals surface area contributed by atoms with E-state index in [9.17, 15) is 0 Å². The average molecular weight is 997 g/mol. The molecule has 0 radical (unpaired) electrons. The van der Waals surface area contributed by atoms with E-state index in [4.69, 9.17) is 0 Å². The van der Waals surface area contributed by atoms with Gasteiger partial charge in [0.25, 0.3) is 0 Å². The van der Waals surface area contributed by atoms with Crippen LogP contribution in [0.1, 0.15) is 38.5 Å². The molecule has 11 spiro atoms. The van der Waals surface area contributed by atoms with Crippen LogP contribution in [0.3, 0.4) is 0 Å². The van der Waals surface area contributed by atoms with E-state index in [2.05, 4.69) is 0 Å². The zero-order valence-electron chi connectivity index (χ0n) is 44.4. The smallest absolute Gasteiger partial charge is 0.0127 e. The highest BCUT2D eigenvalue weighted by Crippen LogP contribution is 3.25. The van der Waals surface area contributed by atoms with E-state index in [1.54, 1.807) is 0 Å². The Kier molecular flexibility index (Phi) is 2.79. The predicted octanol–water partition coefficient (Wildman–Crippen LogP) is 9.72. The molecule has 48 aliphatic carbocycles. The Hall–Kier alpha value is 0. The van der Waals surface area contributed by atoms with Crippen LogP contribution in [0.4, 0.5) is 0 Å². The molecule has 64 unspecified atom stereocenters. The lowest BCUT2D eigenvalue weighted by Gasteiger charge is -2.93. The zero-order chi connectivity index (χ0) is 44.4. The highest BCUT2D eigenvalue weighted by molar-refractivity contribution is 5.68. The molecule has 77 heavy (non-hydrogen) atoms. The van der Waals surface area contributed by atoms with Gasteiger partial charge in [0.05, 0.1) is 0 Å². The summed E-state index contributed by atoms with van der Waals surface area (Å²) in [4.78, 5) is 0. The molecular weight excluding hydrogens is 925 g/mol. The van der Waals surface area contributed by atoms with E-state index in [0.29, 0.717) is 0 Å². The van der Waals surface area contributed by atoms with Gasteiger partial charge in [-0.3, -0.25) is 0 Å². The lowest BCUT2D eigenvalue weighted by atomic mass is 9.10. The summed E-state index contributed by atoms with van der Waals surface area (Å²) in [6, 6.07) is 0. The van der Waals surface area contributed by atoms with Gasteiger partial charge in [0.2, 0.25) is 0 Å². The summed E-state index contributed by atoms with van der Waals surface area (Å²) in [5.74, 6) is 80.6. The molecule has 0 aromatic rings. The van der Waals surface area contributed by atoms with Crippen LogP contribution >= 0.6 is 0 Å². The van der Waals surface area contributed by atoms with Crippen LogP contribution in [-0.2, 0) is 0 Å². The normalized spacial score (nSPS) is 113. The van der Waals surface area contributed by atoms with Crippen molar-refractivity contribution < 1.29 is 0 Å². The summed E-state index contributed by atoms with van der Waals surface area (Å²) >= 11 is 0. The molecule has 0 heterocycles. The largest absolute Gasteiger partial charge is 0.0464 e. The van der Waals surface area contributed by atoms with Crippen LogP contribution in [0, 0.1) is 415 Å². The summed E-state index contributed by atoms with van der Waals surface area (Å²) in [5, 5.41) is 0. The Morgan fingerprint density at radius 2 is 0.351 bits per heavy atom. The molecule has 0 saturated heterocycles. The lowest BCUT2D eigenvalue weighted by Crippen LogP contribution is -2.91. The highest BCUT2D eigenvalue weighted by atomic mass is 15.3. The van der Waals surface area contributed by atoms with Crippen molar-refractivity contribution in [2.45, 2.75) is 38.5 Å². The zero-order valence-corrected chi connectivity index (χ0v) is 44.4. The quantitative estimate of drug-likeness (QED) is 0.227. The van der Waals surface area contributed by atoms with Crippen molar-refractivity contribution in [1.29, 1.82) is 0 Å². The SMILES string of the molecule is C1C2C3C4CC5C6C7CC8C6C6C9%10C%11C%12CC%13C%14C%15CC%16C%17C%18CC%19C%17C%17C%20%21C%22C1C3C%20C13C4C4C%20C%23C%24C%18C%18%25C%13C%13C%26C(C%27C5C65C(C6C%28C7C7%29C2C2C(C%30C(C%16C%171C%23C%19%21)C4%27C(C6C%30(C27)C%28%29)C%15C5(C%26%11)C9C%12%14)C%223)C8%10)C%20(C%24%18)C%13%25. The fourth-order valence-electron chi connectivity index (χ4n) is 65.0. The van der Waals surface area contributed by atoms with Gasteiger partial charge in [-0.1, -0.05) is 0 Å². The van der Waals surface area contributed by atoms with Crippen molar-refractivity contribution in [3.63, 3.8) is 0 Å². The first kappa shape index (κ1) is 31.9. The first-order valence-electron chi connectivity index (χ1n) is 38.3. The minimum atomic E-state index is 0.900. The number of hydrogen-bond donors (Lipinski definition) is 0. The maximum Gasteiger partial charge on any atom is -0.0127 e. The fourth-order valence-corrected chi connectivity index (χ4v) is 65.0. The highest BCUT2D eigenvalue weighted by Gasteiger charge is 3.22. The van der Waals surface area contributed by atoms with Gasteiger partial charge >= 0.3 is 0 Å². The number of rotatable bonds is 0. The first-order valence-corrected chi connectivity index (χ1v) is 38.3. The summed E-state index contributed by atoms with van der Waals surface area (Å²) in [6.45, 7) is 0. The summed E-state index contributed by atoms with van der Waals surface area (Å²) < 4.78 is 0. The minimum Gasteiger partial charge on any atom is -0.0464 e. The van der Waals surface area contributed by atoms with E-state index >= 15 is 0 Å². The molecule has 48 saturated carbocycles. The van der Waals surface area contributed by atoms with Crippen molar-refractivity contribution in [2.24, 2.45) is 415 Å². The molecule has 48 fully saturated rings. The Balaban J connectivity index is 0.851. The van der Waals surface area contributed by atoms with Gasteiger partial charge < -0.3 is 0 Å². The molecule has 47 bridgehead atoms. The van der Waals surface area contributed by atoms with E-state index in [-0.39, 0.29) is 0 Å². The standard InChI is InChI=1S/C77H72/c1-7-19-11-5-12-20-8-2-17-25(20)65-71-41(17)53-28-32-36(8)68-35(7)31-27-47-56-45-13-6-14-22-10-4-18-26(22)66(71)77-46(14)58(49(28)72(47,59(31)68)60(32)68)67(56)55-43(11)74-51(27)39-15(1)23(19)63(74)70(39)40-16-3-9-21(13)24(16)64(70)75(45,74)52(40)29-33-37(9)69-38(10)34-30(54(77)42(18)71)50(57(67)44(12)76(53,65)77)73(48(29)55,61(33)69)62(34)69/h7-66H,1-6H2. The summed E-state index contributed by atoms with van der Waals surface area (Å²) in [6.07, 6.45) is 11.8. The second kappa shape index (κ2) is 6.73. The molecule has 64 atom stereocenters. The van der Waals surface area contributed by atoms with Crippen LogP contribution in [0.2, 0.25) is 0 Å². The predicted molar refractivity (Wildman–Crippen MR) is 264 cm³/mol. The molecular formula is C77H72. The van der Waals surface area contributed by atoms with E-state index in [1.165, 1.54) is 355 Å². The molecule has 0 nitrogen and oxygen atoms in total. The third-order valence-electron chi connectivity index (χ3n) is 54.7. The second-order valence-electron chi connectivity index (χ2n) is 45.8. The Bertz CT molecular complexity index is 3500. The summed E-state index contributed by atoms with van der Waals surface area (Å²) in [5.41, 5.74) is 10.4. The van der Waals surface area contributed by atoms with Crippen LogP contribution in [-0.4, -0.2) is 0 Å². The maximum atomic E-state index is 2.02. The van der Waals surface area contributed by atoms with Gasteiger partial charge in [-0.15, -0.1) is 0 Å². The molecule has 0 amide bonds. The third-order valence-corrected chi connectivity index (χ3v) is 54.7. The second-order valence-corrected chi connectivity index (χ2v) is 45.8. The first-order chi connectivity index (χ1) is 38.3. The third kappa shape index (κ3) is 1.44. The van der Waals surface area contributed by atoms with Gasteiger partial charge in [0, 0.05) is 0 Å². The van der Waals surface area contributed by atoms with Crippen molar-refractivity contribution in [1.82, 2.24) is 0 Å².